The molecule has 5 nitrogen and oxygen atoms in total. The van der Waals surface area contributed by atoms with Crippen molar-refractivity contribution in [3.8, 4) is 6.07 Å². The highest BCUT2D eigenvalue weighted by molar-refractivity contribution is 7.89. The van der Waals surface area contributed by atoms with Crippen LogP contribution >= 0.6 is 11.6 Å². The number of ketones is 1. The topological polar surface area (TPSA) is 87.0 Å². The number of nitrogens with zero attached hydrogens (tertiary/aromatic N) is 1. The van der Waals surface area contributed by atoms with Crippen molar-refractivity contribution in [1.82, 2.24) is 4.72 Å². The van der Waals surface area contributed by atoms with Crippen LogP contribution in [0, 0.1) is 17.2 Å². The fraction of sp³-hybridized carbons (Fsp3) is 0.333. The van der Waals surface area contributed by atoms with Crippen LogP contribution in [-0.4, -0.2) is 20.7 Å². The van der Waals surface area contributed by atoms with Crippen LogP contribution in [0.4, 0.5) is 0 Å². The van der Waals surface area contributed by atoms with Crippen molar-refractivity contribution in [3.05, 3.63) is 28.8 Å². The predicted octanol–water partition coefficient (Wildman–Crippen LogP) is 1.72. The zero-order valence-corrected chi connectivity index (χ0v) is 12.0. The number of carbonyl (C=O) groups excluding carboxylic acids is 1. The monoisotopic (exact) mass is 300 g/mol. The van der Waals surface area contributed by atoms with Gasteiger partial charge in [0.2, 0.25) is 10.0 Å². The molecule has 0 spiro atoms. The van der Waals surface area contributed by atoms with Gasteiger partial charge in [-0.2, -0.15) is 5.26 Å². The van der Waals surface area contributed by atoms with E-state index in [1.165, 1.54) is 18.2 Å². The summed E-state index contributed by atoms with van der Waals surface area (Å²) in [7, 11) is -3.80. The highest BCUT2D eigenvalue weighted by Gasteiger charge is 2.17. The van der Waals surface area contributed by atoms with Crippen LogP contribution in [-0.2, 0) is 14.8 Å². The molecule has 0 aliphatic rings. The first-order valence-corrected chi connectivity index (χ1v) is 7.36. The lowest BCUT2D eigenvalue weighted by atomic mass is 10.1. The molecule has 0 aromatic heterocycles. The lowest BCUT2D eigenvalue weighted by Crippen LogP contribution is -2.31. The zero-order chi connectivity index (χ0) is 14.6. The number of hydrogen-bond donors (Lipinski definition) is 1. The average Bonchev–Trinajstić information content (AvgIpc) is 2.35. The molecule has 19 heavy (non-hydrogen) atoms. The Morgan fingerprint density at radius 1 is 1.47 bits per heavy atom. The maximum Gasteiger partial charge on any atom is 0.241 e. The standard InChI is InChI=1S/C12H13ClN2O3S/c1-8(2)12(16)7-15-19(17,18)10-4-3-9(6-14)11(13)5-10/h3-5,8,15H,7H2,1-2H3. The largest absolute Gasteiger partial charge is 0.298 e. The summed E-state index contributed by atoms with van der Waals surface area (Å²) in [5.74, 6) is -0.449. The van der Waals surface area contributed by atoms with Crippen molar-refractivity contribution in [2.24, 2.45) is 5.92 Å². The number of nitriles is 1. The summed E-state index contributed by atoms with van der Waals surface area (Å²) in [5, 5.41) is 8.76. The first kappa shape index (κ1) is 15.6. The molecule has 1 aromatic carbocycles. The maximum absolute atomic E-state index is 11.9. The van der Waals surface area contributed by atoms with Gasteiger partial charge in [-0.1, -0.05) is 25.4 Å². The van der Waals surface area contributed by atoms with E-state index in [2.05, 4.69) is 4.72 Å². The van der Waals surface area contributed by atoms with Gasteiger partial charge in [0.25, 0.3) is 0 Å². The summed E-state index contributed by atoms with van der Waals surface area (Å²) in [6, 6.07) is 5.61. The minimum absolute atomic E-state index is 0.0561. The quantitative estimate of drug-likeness (QED) is 0.897. The van der Waals surface area contributed by atoms with Gasteiger partial charge in [-0.15, -0.1) is 0 Å². The van der Waals surface area contributed by atoms with Gasteiger partial charge in [0.1, 0.15) is 11.9 Å². The Morgan fingerprint density at radius 3 is 2.58 bits per heavy atom. The molecule has 0 saturated carbocycles. The summed E-state index contributed by atoms with van der Waals surface area (Å²) in [5.41, 5.74) is 0.193. The fourth-order valence-electron chi connectivity index (χ4n) is 1.21. The Labute approximate surface area is 117 Å². The number of sulfonamides is 1. The highest BCUT2D eigenvalue weighted by Crippen LogP contribution is 2.19. The normalized spacial score (nSPS) is 11.3. The third-order valence-corrected chi connectivity index (χ3v) is 4.16. The minimum atomic E-state index is -3.80. The third kappa shape index (κ3) is 4.03. The first-order chi connectivity index (χ1) is 8.77. The molecule has 0 aliphatic heterocycles. The number of hydrogen-bond acceptors (Lipinski definition) is 4. The van der Waals surface area contributed by atoms with E-state index in [-0.39, 0.29) is 33.7 Å². The Balaban J connectivity index is 2.93. The number of carbonyl (C=O) groups is 1. The average molecular weight is 301 g/mol. The summed E-state index contributed by atoms with van der Waals surface area (Å²) in [4.78, 5) is 11.3. The molecule has 0 bridgehead atoms. The zero-order valence-electron chi connectivity index (χ0n) is 10.5. The Kier molecular flexibility index (Phi) is 5.06. The van der Waals surface area contributed by atoms with Gasteiger partial charge in [0, 0.05) is 5.92 Å². The van der Waals surface area contributed by atoms with Crippen LogP contribution in [0.1, 0.15) is 19.4 Å². The van der Waals surface area contributed by atoms with Crippen molar-refractivity contribution in [2.45, 2.75) is 18.7 Å². The first-order valence-electron chi connectivity index (χ1n) is 5.50. The van der Waals surface area contributed by atoms with E-state index in [4.69, 9.17) is 16.9 Å². The van der Waals surface area contributed by atoms with Gasteiger partial charge in [-0.05, 0) is 18.2 Å². The van der Waals surface area contributed by atoms with Crippen molar-refractivity contribution < 1.29 is 13.2 Å². The van der Waals surface area contributed by atoms with E-state index in [1.54, 1.807) is 13.8 Å². The minimum Gasteiger partial charge on any atom is -0.298 e. The second-order valence-corrected chi connectivity index (χ2v) is 6.37. The lowest BCUT2D eigenvalue weighted by molar-refractivity contribution is -0.120. The van der Waals surface area contributed by atoms with Crippen LogP contribution in [0.2, 0.25) is 5.02 Å². The maximum atomic E-state index is 11.9. The van der Waals surface area contributed by atoms with Crippen molar-refractivity contribution in [2.75, 3.05) is 6.54 Å². The van der Waals surface area contributed by atoms with Gasteiger partial charge >= 0.3 is 0 Å². The Bertz CT molecular complexity index is 633. The molecular formula is C12H13ClN2O3S. The van der Waals surface area contributed by atoms with E-state index in [1.807, 2.05) is 6.07 Å². The van der Waals surface area contributed by atoms with E-state index >= 15 is 0 Å². The van der Waals surface area contributed by atoms with Crippen molar-refractivity contribution in [3.63, 3.8) is 0 Å². The molecule has 102 valence electrons. The molecule has 7 heteroatoms. The van der Waals surface area contributed by atoms with Crippen molar-refractivity contribution in [1.29, 1.82) is 5.26 Å². The van der Waals surface area contributed by atoms with Gasteiger partial charge in [-0.3, -0.25) is 4.79 Å². The van der Waals surface area contributed by atoms with Gasteiger partial charge < -0.3 is 0 Å². The summed E-state index contributed by atoms with van der Waals surface area (Å²) < 4.78 is 26.0. The molecule has 1 N–H and O–H groups in total. The number of nitrogens with one attached hydrogen (secondary N) is 1. The molecule has 0 amide bonds. The number of benzene rings is 1. The van der Waals surface area contributed by atoms with Crippen LogP contribution in [0.3, 0.4) is 0 Å². The molecule has 0 aliphatic carbocycles. The molecule has 1 rings (SSSR count). The molecule has 0 atom stereocenters. The molecule has 0 unspecified atom stereocenters. The van der Waals surface area contributed by atoms with E-state index in [0.717, 1.165) is 0 Å². The Morgan fingerprint density at radius 2 is 2.11 bits per heavy atom. The summed E-state index contributed by atoms with van der Waals surface area (Å²) in [6.45, 7) is 3.11. The SMILES string of the molecule is CC(C)C(=O)CNS(=O)(=O)c1ccc(C#N)c(Cl)c1. The van der Waals surface area contributed by atoms with Gasteiger partial charge in [0.05, 0.1) is 22.0 Å². The van der Waals surface area contributed by atoms with Crippen LogP contribution < -0.4 is 4.72 Å². The second-order valence-electron chi connectivity index (χ2n) is 4.20. The van der Waals surface area contributed by atoms with Crippen molar-refractivity contribution >= 4 is 27.4 Å². The van der Waals surface area contributed by atoms with Crippen LogP contribution in [0.25, 0.3) is 0 Å². The summed E-state index contributed by atoms with van der Waals surface area (Å²) >= 11 is 5.77. The molecule has 0 heterocycles. The number of Topliss-reactive ketones (excluding diaryl/α,β-unsaturated/α-hetero) is 1. The smallest absolute Gasteiger partial charge is 0.241 e. The molecule has 0 radical (unpaired) electrons. The molecule has 0 saturated heterocycles. The van der Waals surface area contributed by atoms with Gasteiger partial charge in [-0.25, -0.2) is 13.1 Å². The van der Waals surface area contributed by atoms with Gasteiger partial charge in [0.15, 0.2) is 0 Å². The summed E-state index contributed by atoms with van der Waals surface area (Å²) in [6.07, 6.45) is 0. The Hall–Kier alpha value is -1.42. The fourth-order valence-corrected chi connectivity index (χ4v) is 2.51. The molecule has 0 fully saturated rings. The molecular weight excluding hydrogens is 288 g/mol. The van der Waals surface area contributed by atoms with E-state index < -0.39 is 10.0 Å². The number of rotatable bonds is 5. The van der Waals surface area contributed by atoms with Crippen LogP contribution in [0.15, 0.2) is 23.1 Å². The van der Waals surface area contributed by atoms with Crippen LogP contribution in [0.5, 0.6) is 0 Å². The van der Waals surface area contributed by atoms with E-state index in [0.29, 0.717) is 0 Å². The highest BCUT2D eigenvalue weighted by atomic mass is 35.5. The third-order valence-electron chi connectivity index (χ3n) is 2.45. The number of halogens is 1. The predicted molar refractivity (Wildman–Crippen MR) is 71.2 cm³/mol. The van der Waals surface area contributed by atoms with E-state index in [9.17, 15) is 13.2 Å². The lowest BCUT2D eigenvalue weighted by Gasteiger charge is -2.08. The second kappa shape index (κ2) is 6.15. The molecule has 1 aromatic rings.